The van der Waals surface area contributed by atoms with E-state index in [-0.39, 0.29) is 11.5 Å². The van der Waals surface area contributed by atoms with Crippen LogP contribution in [0.4, 0.5) is 8.78 Å². The maximum atomic E-state index is 12.6. The van der Waals surface area contributed by atoms with Crippen LogP contribution in [0.15, 0.2) is 24.3 Å². The van der Waals surface area contributed by atoms with E-state index >= 15 is 0 Å². The van der Waals surface area contributed by atoms with E-state index in [0.29, 0.717) is 18.9 Å². The van der Waals surface area contributed by atoms with Crippen molar-refractivity contribution in [2.75, 3.05) is 7.11 Å². The summed E-state index contributed by atoms with van der Waals surface area (Å²) in [7, 11) is 1.34. The first kappa shape index (κ1) is 16.6. The zero-order valence-electron chi connectivity index (χ0n) is 12.0. The van der Waals surface area contributed by atoms with Gasteiger partial charge < -0.3 is 10.1 Å². The highest BCUT2D eigenvalue weighted by Crippen LogP contribution is 2.19. The van der Waals surface area contributed by atoms with Gasteiger partial charge in [0.2, 0.25) is 0 Å². The summed E-state index contributed by atoms with van der Waals surface area (Å²) in [5, 5.41) is 3.06. The zero-order valence-corrected chi connectivity index (χ0v) is 12.0. The van der Waals surface area contributed by atoms with Gasteiger partial charge in [-0.3, -0.25) is 4.79 Å². The van der Waals surface area contributed by atoms with Gasteiger partial charge in [-0.1, -0.05) is 32.0 Å². The highest BCUT2D eigenvalue weighted by Gasteiger charge is 2.19. The highest BCUT2D eigenvalue weighted by atomic mass is 19.3. The largest absolute Gasteiger partial charge is 0.468 e. The maximum Gasteiger partial charge on any atom is 0.322 e. The molecule has 0 saturated heterocycles. The predicted octanol–water partition coefficient (Wildman–Crippen LogP) is 3.30. The predicted molar refractivity (Wildman–Crippen MR) is 73.5 cm³/mol. The number of ether oxygens (including phenoxy) is 1. The topological polar surface area (TPSA) is 38.3 Å². The number of methoxy groups -OCH3 is 1. The molecule has 0 heterocycles. The molecule has 1 rings (SSSR count). The molecular weight excluding hydrogens is 264 g/mol. The second-order valence-electron chi connectivity index (χ2n) is 5.13. The Kier molecular flexibility index (Phi) is 6.58. The molecule has 1 aromatic rings. The third kappa shape index (κ3) is 5.25. The van der Waals surface area contributed by atoms with Crippen LogP contribution in [0.5, 0.6) is 0 Å². The monoisotopic (exact) mass is 285 g/mol. The number of hydrogen-bond donors (Lipinski definition) is 1. The normalized spacial score (nSPS) is 12.8. The van der Waals surface area contributed by atoms with Gasteiger partial charge in [0, 0.05) is 12.1 Å². The third-order valence-electron chi connectivity index (χ3n) is 2.95. The number of hydrogen-bond acceptors (Lipinski definition) is 3. The van der Waals surface area contributed by atoms with Crippen LogP contribution in [0.1, 0.15) is 37.8 Å². The van der Waals surface area contributed by atoms with Crippen LogP contribution in [0.3, 0.4) is 0 Å². The molecule has 0 fully saturated rings. The lowest BCUT2D eigenvalue weighted by atomic mass is 10.0. The summed E-state index contributed by atoms with van der Waals surface area (Å²) in [6.07, 6.45) is -1.84. The van der Waals surface area contributed by atoms with Gasteiger partial charge in [0.25, 0.3) is 6.43 Å². The Bertz CT molecular complexity index is 436. The van der Waals surface area contributed by atoms with Crippen LogP contribution < -0.4 is 5.32 Å². The van der Waals surface area contributed by atoms with E-state index < -0.39 is 12.5 Å². The highest BCUT2D eigenvalue weighted by molar-refractivity contribution is 5.75. The van der Waals surface area contributed by atoms with E-state index in [4.69, 9.17) is 4.74 Å². The van der Waals surface area contributed by atoms with Crippen molar-refractivity contribution in [1.29, 1.82) is 0 Å². The zero-order chi connectivity index (χ0) is 15.1. The van der Waals surface area contributed by atoms with Gasteiger partial charge in [0.05, 0.1) is 7.11 Å². The summed E-state index contributed by atoms with van der Waals surface area (Å²) in [5.41, 5.74) is 0.711. The lowest BCUT2D eigenvalue weighted by Crippen LogP contribution is -2.38. The lowest BCUT2D eigenvalue weighted by Gasteiger charge is -2.18. The molecule has 0 aromatic heterocycles. The van der Waals surface area contributed by atoms with Crippen molar-refractivity contribution in [3.05, 3.63) is 35.4 Å². The van der Waals surface area contributed by atoms with Crippen LogP contribution in [0.25, 0.3) is 0 Å². The van der Waals surface area contributed by atoms with Gasteiger partial charge in [-0.2, -0.15) is 0 Å². The van der Waals surface area contributed by atoms with E-state index in [1.54, 1.807) is 12.1 Å². The van der Waals surface area contributed by atoms with Gasteiger partial charge in [-0.15, -0.1) is 0 Å². The van der Waals surface area contributed by atoms with E-state index in [9.17, 15) is 13.6 Å². The van der Waals surface area contributed by atoms with Crippen LogP contribution in [0, 0.1) is 5.92 Å². The van der Waals surface area contributed by atoms with E-state index in [0.717, 1.165) is 5.56 Å². The molecule has 1 atom stereocenters. The van der Waals surface area contributed by atoms with Gasteiger partial charge in [0.15, 0.2) is 0 Å². The Balaban J connectivity index is 2.67. The Morgan fingerprint density at radius 1 is 1.35 bits per heavy atom. The number of benzene rings is 1. The summed E-state index contributed by atoms with van der Waals surface area (Å²) >= 11 is 0. The second kappa shape index (κ2) is 7.94. The van der Waals surface area contributed by atoms with Crippen LogP contribution >= 0.6 is 0 Å². The number of rotatable bonds is 7. The van der Waals surface area contributed by atoms with Crippen molar-refractivity contribution in [3.8, 4) is 0 Å². The molecular formula is C15H21F2NO2. The van der Waals surface area contributed by atoms with Crippen LogP contribution in [0.2, 0.25) is 0 Å². The van der Waals surface area contributed by atoms with Crippen LogP contribution in [-0.4, -0.2) is 19.1 Å². The van der Waals surface area contributed by atoms with Crippen LogP contribution in [-0.2, 0) is 16.1 Å². The molecule has 0 aliphatic carbocycles. The Morgan fingerprint density at radius 2 is 2.05 bits per heavy atom. The third-order valence-corrected chi connectivity index (χ3v) is 2.95. The number of esters is 1. The molecule has 0 bridgehead atoms. The van der Waals surface area contributed by atoms with E-state index in [1.807, 2.05) is 13.8 Å². The number of halogens is 2. The average molecular weight is 285 g/mol. The van der Waals surface area contributed by atoms with Crippen molar-refractivity contribution < 1.29 is 18.3 Å². The quantitative estimate of drug-likeness (QED) is 0.781. The Labute approximate surface area is 118 Å². The van der Waals surface area contributed by atoms with Gasteiger partial charge in [0.1, 0.15) is 6.04 Å². The van der Waals surface area contributed by atoms with Crippen molar-refractivity contribution >= 4 is 5.97 Å². The molecule has 0 radical (unpaired) electrons. The molecule has 0 saturated carbocycles. The summed E-state index contributed by atoms with van der Waals surface area (Å²) in [6.45, 7) is 4.37. The molecule has 5 heteroatoms. The first-order valence-electron chi connectivity index (χ1n) is 6.62. The smallest absolute Gasteiger partial charge is 0.322 e. The van der Waals surface area contributed by atoms with E-state index in [2.05, 4.69) is 5.32 Å². The van der Waals surface area contributed by atoms with Gasteiger partial charge >= 0.3 is 5.97 Å². The Morgan fingerprint density at radius 3 is 2.60 bits per heavy atom. The van der Waals surface area contributed by atoms with Gasteiger partial charge in [-0.25, -0.2) is 8.78 Å². The molecule has 1 aromatic carbocycles. The molecule has 0 amide bonds. The van der Waals surface area contributed by atoms with Crippen molar-refractivity contribution in [2.45, 2.75) is 39.3 Å². The molecule has 112 valence electrons. The summed E-state index contributed by atoms with van der Waals surface area (Å²) in [6, 6.07) is 5.76. The summed E-state index contributed by atoms with van der Waals surface area (Å²) in [4.78, 5) is 11.6. The van der Waals surface area contributed by atoms with Crippen molar-refractivity contribution in [2.24, 2.45) is 5.92 Å². The number of carbonyl (C=O) groups is 1. The minimum absolute atomic E-state index is 0.0113. The molecule has 1 unspecified atom stereocenters. The Hall–Kier alpha value is -1.49. The minimum Gasteiger partial charge on any atom is -0.468 e. The lowest BCUT2D eigenvalue weighted by molar-refractivity contribution is -0.143. The SMILES string of the molecule is COC(=O)C(CC(C)C)NCc1cccc(C(F)F)c1. The first-order valence-corrected chi connectivity index (χ1v) is 6.62. The minimum atomic E-state index is -2.48. The summed E-state index contributed by atoms with van der Waals surface area (Å²) in [5.74, 6) is 0.00251. The number of nitrogens with one attached hydrogen (secondary N) is 1. The first-order chi connectivity index (χ1) is 9.43. The molecule has 0 aliphatic rings. The van der Waals surface area contributed by atoms with E-state index in [1.165, 1.54) is 19.2 Å². The summed E-state index contributed by atoms with van der Waals surface area (Å²) < 4.78 is 30.0. The fraction of sp³-hybridized carbons (Fsp3) is 0.533. The second-order valence-corrected chi connectivity index (χ2v) is 5.13. The fourth-order valence-electron chi connectivity index (χ4n) is 1.96. The molecule has 0 spiro atoms. The molecule has 20 heavy (non-hydrogen) atoms. The standard InChI is InChI=1S/C15H21F2NO2/c1-10(2)7-13(15(19)20-3)18-9-11-5-4-6-12(8-11)14(16)17/h4-6,8,10,13-14,18H,7,9H2,1-3H3. The van der Waals surface area contributed by atoms with Crippen molar-refractivity contribution in [3.63, 3.8) is 0 Å². The maximum absolute atomic E-state index is 12.6. The molecule has 1 N–H and O–H groups in total. The average Bonchev–Trinajstić information content (AvgIpc) is 2.42. The van der Waals surface area contributed by atoms with Crippen molar-refractivity contribution in [1.82, 2.24) is 5.32 Å². The molecule has 3 nitrogen and oxygen atoms in total. The number of alkyl halides is 2. The van der Waals surface area contributed by atoms with Gasteiger partial charge in [-0.05, 0) is 24.0 Å². The fourth-order valence-corrected chi connectivity index (χ4v) is 1.96. The molecule has 0 aliphatic heterocycles. The number of carbonyl (C=O) groups excluding carboxylic acids is 1.